The van der Waals surface area contributed by atoms with Crippen LogP contribution in [0.15, 0.2) is 30.3 Å². The zero-order valence-electron chi connectivity index (χ0n) is 10.4. The van der Waals surface area contributed by atoms with Crippen molar-refractivity contribution < 1.29 is 4.79 Å². The standard InChI is InChI=1S/C12H14N6O/c19-12-9-17(7-6-13-12)8-11-14-15-16-18(11)10-4-2-1-3-5-10/h1-5H,6-9H2,(H,13,19). The molecule has 0 unspecified atom stereocenters. The number of hydrogen-bond donors (Lipinski definition) is 1. The van der Waals surface area contributed by atoms with Crippen LogP contribution in [0, 0.1) is 0 Å². The molecule has 1 fully saturated rings. The summed E-state index contributed by atoms with van der Waals surface area (Å²) in [7, 11) is 0. The number of carbonyl (C=O) groups excluding carboxylic acids is 1. The highest BCUT2D eigenvalue weighted by molar-refractivity contribution is 5.78. The number of tetrazole rings is 1. The summed E-state index contributed by atoms with van der Waals surface area (Å²) < 4.78 is 1.70. The number of benzene rings is 1. The summed E-state index contributed by atoms with van der Waals surface area (Å²) in [6, 6.07) is 9.72. The number of rotatable bonds is 3. The van der Waals surface area contributed by atoms with Crippen molar-refractivity contribution in [3.8, 4) is 5.69 Å². The monoisotopic (exact) mass is 258 g/mol. The van der Waals surface area contributed by atoms with Gasteiger partial charge in [0.05, 0.1) is 18.8 Å². The number of carbonyl (C=O) groups is 1. The first-order chi connectivity index (χ1) is 9.33. The van der Waals surface area contributed by atoms with E-state index in [9.17, 15) is 4.79 Å². The van der Waals surface area contributed by atoms with Crippen LogP contribution in [0.5, 0.6) is 0 Å². The molecule has 1 amide bonds. The van der Waals surface area contributed by atoms with E-state index >= 15 is 0 Å². The lowest BCUT2D eigenvalue weighted by Crippen LogP contribution is -2.47. The number of piperazine rings is 1. The molecule has 1 saturated heterocycles. The minimum Gasteiger partial charge on any atom is -0.354 e. The number of para-hydroxylation sites is 1. The Hall–Kier alpha value is -2.28. The van der Waals surface area contributed by atoms with Crippen LogP contribution in [0.1, 0.15) is 5.82 Å². The maximum Gasteiger partial charge on any atom is 0.234 e. The van der Waals surface area contributed by atoms with E-state index < -0.39 is 0 Å². The van der Waals surface area contributed by atoms with Gasteiger partial charge in [-0.05, 0) is 22.6 Å². The van der Waals surface area contributed by atoms with E-state index in [-0.39, 0.29) is 5.91 Å². The summed E-state index contributed by atoms with van der Waals surface area (Å²) >= 11 is 0. The average Bonchev–Trinajstić information content (AvgIpc) is 2.88. The quantitative estimate of drug-likeness (QED) is 0.810. The van der Waals surface area contributed by atoms with Gasteiger partial charge in [-0.1, -0.05) is 18.2 Å². The van der Waals surface area contributed by atoms with Crippen molar-refractivity contribution in [1.82, 2.24) is 30.4 Å². The predicted octanol–water partition coefficient (Wildman–Crippen LogP) is -0.406. The first-order valence-corrected chi connectivity index (χ1v) is 6.14. The molecule has 0 saturated carbocycles. The third-order valence-electron chi connectivity index (χ3n) is 3.02. The molecule has 19 heavy (non-hydrogen) atoms. The molecule has 0 aliphatic carbocycles. The summed E-state index contributed by atoms with van der Waals surface area (Å²) in [4.78, 5) is 13.4. The van der Waals surface area contributed by atoms with Crippen molar-refractivity contribution in [1.29, 1.82) is 0 Å². The summed E-state index contributed by atoms with van der Waals surface area (Å²) in [6.07, 6.45) is 0. The molecule has 2 heterocycles. The van der Waals surface area contributed by atoms with Gasteiger partial charge in [0, 0.05) is 13.1 Å². The van der Waals surface area contributed by atoms with Gasteiger partial charge in [0.1, 0.15) is 0 Å². The van der Waals surface area contributed by atoms with E-state index in [2.05, 4.69) is 20.8 Å². The van der Waals surface area contributed by atoms with Crippen LogP contribution in [0.3, 0.4) is 0 Å². The number of nitrogens with one attached hydrogen (secondary N) is 1. The fourth-order valence-electron chi connectivity index (χ4n) is 2.10. The first-order valence-electron chi connectivity index (χ1n) is 6.14. The van der Waals surface area contributed by atoms with Crippen LogP contribution < -0.4 is 5.32 Å². The Morgan fingerprint density at radius 1 is 1.26 bits per heavy atom. The van der Waals surface area contributed by atoms with Gasteiger partial charge in [-0.25, -0.2) is 0 Å². The lowest BCUT2D eigenvalue weighted by Gasteiger charge is -2.25. The molecule has 1 aromatic heterocycles. The summed E-state index contributed by atoms with van der Waals surface area (Å²) in [5.74, 6) is 0.783. The van der Waals surface area contributed by atoms with E-state index in [0.717, 1.165) is 18.1 Å². The second-order valence-electron chi connectivity index (χ2n) is 4.40. The van der Waals surface area contributed by atoms with Gasteiger partial charge in [-0.3, -0.25) is 9.69 Å². The van der Waals surface area contributed by atoms with Crippen LogP contribution in [-0.2, 0) is 11.3 Å². The molecular weight excluding hydrogens is 244 g/mol. The minimum absolute atomic E-state index is 0.0463. The Bertz CT molecular complexity index is 567. The van der Waals surface area contributed by atoms with Crippen molar-refractivity contribution in [2.45, 2.75) is 6.54 Å². The lowest BCUT2D eigenvalue weighted by molar-refractivity contribution is -0.124. The number of hydrogen-bond acceptors (Lipinski definition) is 5. The van der Waals surface area contributed by atoms with Crippen molar-refractivity contribution in [2.75, 3.05) is 19.6 Å². The highest BCUT2D eigenvalue weighted by Crippen LogP contribution is 2.09. The smallest absolute Gasteiger partial charge is 0.234 e. The fraction of sp³-hybridized carbons (Fsp3) is 0.333. The largest absolute Gasteiger partial charge is 0.354 e. The van der Waals surface area contributed by atoms with Gasteiger partial charge >= 0.3 is 0 Å². The second kappa shape index (κ2) is 5.15. The molecule has 1 N–H and O–H groups in total. The number of aromatic nitrogens is 4. The highest BCUT2D eigenvalue weighted by Gasteiger charge is 2.19. The van der Waals surface area contributed by atoms with E-state index in [1.54, 1.807) is 4.68 Å². The van der Waals surface area contributed by atoms with Gasteiger partial charge in [-0.15, -0.1) is 5.10 Å². The molecule has 0 radical (unpaired) electrons. The van der Waals surface area contributed by atoms with Gasteiger partial charge in [0.15, 0.2) is 5.82 Å². The molecule has 0 bridgehead atoms. The second-order valence-corrected chi connectivity index (χ2v) is 4.40. The van der Waals surface area contributed by atoms with Crippen molar-refractivity contribution >= 4 is 5.91 Å². The van der Waals surface area contributed by atoms with Gasteiger partial charge in [0.25, 0.3) is 0 Å². The molecule has 1 aliphatic rings. The van der Waals surface area contributed by atoms with Crippen LogP contribution in [-0.4, -0.2) is 50.6 Å². The molecule has 7 heteroatoms. The molecule has 0 spiro atoms. The average molecular weight is 258 g/mol. The van der Waals surface area contributed by atoms with Crippen LogP contribution in [0.2, 0.25) is 0 Å². The highest BCUT2D eigenvalue weighted by atomic mass is 16.2. The van der Waals surface area contributed by atoms with Crippen molar-refractivity contribution in [3.05, 3.63) is 36.2 Å². The topological polar surface area (TPSA) is 75.9 Å². The molecule has 98 valence electrons. The molecule has 0 atom stereocenters. The maximum absolute atomic E-state index is 11.3. The van der Waals surface area contributed by atoms with E-state index in [0.29, 0.717) is 19.6 Å². The molecular formula is C12H14N6O. The van der Waals surface area contributed by atoms with Crippen molar-refractivity contribution in [2.24, 2.45) is 0 Å². The SMILES string of the molecule is O=C1CN(Cc2nnnn2-c2ccccc2)CCN1. The normalized spacial score (nSPS) is 16.3. The molecule has 3 rings (SSSR count). The van der Waals surface area contributed by atoms with Gasteiger partial charge in [0.2, 0.25) is 5.91 Å². The zero-order chi connectivity index (χ0) is 13.1. The summed E-state index contributed by atoms with van der Waals surface area (Å²) in [6.45, 7) is 2.44. The van der Waals surface area contributed by atoms with Crippen LogP contribution in [0.25, 0.3) is 5.69 Å². The maximum atomic E-state index is 11.3. The van der Waals surface area contributed by atoms with Crippen LogP contribution >= 0.6 is 0 Å². The number of nitrogens with zero attached hydrogens (tertiary/aromatic N) is 5. The Morgan fingerprint density at radius 3 is 2.89 bits per heavy atom. The van der Waals surface area contributed by atoms with Crippen LogP contribution in [0.4, 0.5) is 0 Å². The Labute approximate surface area is 110 Å². The van der Waals surface area contributed by atoms with E-state index in [4.69, 9.17) is 0 Å². The Balaban J connectivity index is 1.79. The lowest BCUT2D eigenvalue weighted by atomic mass is 10.3. The fourth-order valence-corrected chi connectivity index (χ4v) is 2.10. The predicted molar refractivity (Wildman–Crippen MR) is 67.4 cm³/mol. The van der Waals surface area contributed by atoms with E-state index in [1.807, 2.05) is 35.2 Å². The summed E-state index contributed by atoms with van der Waals surface area (Å²) in [5.41, 5.74) is 0.920. The van der Waals surface area contributed by atoms with E-state index in [1.165, 1.54) is 0 Å². The van der Waals surface area contributed by atoms with Gasteiger partial charge in [-0.2, -0.15) is 4.68 Å². The van der Waals surface area contributed by atoms with Gasteiger partial charge < -0.3 is 5.32 Å². The molecule has 2 aromatic rings. The Morgan fingerprint density at radius 2 is 2.11 bits per heavy atom. The third kappa shape index (κ3) is 2.60. The van der Waals surface area contributed by atoms with Crippen molar-refractivity contribution in [3.63, 3.8) is 0 Å². The number of amides is 1. The third-order valence-corrected chi connectivity index (χ3v) is 3.02. The molecule has 7 nitrogen and oxygen atoms in total. The molecule has 1 aromatic carbocycles. The summed E-state index contributed by atoms with van der Waals surface area (Å²) in [5, 5.41) is 14.6. The Kier molecular flexibility index (Phi) is 3.20. The minimum atomic E-state index is 0.0463. The molecule has 1 aliphatic heterocycles. The first kappa shape index (κ1) is 11.8. The zero-order valence-corrected chi connectivity index (χ0v) is 10.4.